The van der Waals surface area contributed by atoms with Gasteiger partial charge in [-0.2, -0.15) is 5.10 Å². The van der Waals surface area contributed by atoms with Crippen LogP contribution >= 0.6 is 0 Å². The Hall–Kier alpha value is -2.30. The molecule has 5 heteroatoms. The van der Waals surface area contributed by atoms with Crippen LogP contribution in [0.25, 0.3) is 0 Å². The van der Waals surface area contributed by atoms with Gasteiger partial charge in [-0.15, -0.1) is 0 Å². The first kappa shape index (κ1) is 15.1. The van der Waals surface area contributed by atoms with Gasteiger partial charge in [0.2, 0.25) is 5.91 Å². The molecule has 0 atom stereocenters. The predicted octanol–water partition coefficient (Wildman–Crippen LogP) is 2.54. The van der Waals surface area contributed by atoms with E-state index in [-0.39, 0.29) is 12.5 Å². The molecule has 0 aliphatic carbocycles. The SMILES string of the molecule is CCc1nn(CC(=O)Nc2ccccc2C)c(CC)c1N. The molecule has 2 rings (SSSR count). The number of carbonyl (C=O) groups excluding carboxylic acids is 1. The topological polar surface area (TPSA) is 72.9 Å². The average molecular weight is 286 g/mol. The number of benzene rings is 1. The lowest BCUT2D eigenvalue weighted by Gasteiger charge is -2.09. The number of nitrogens with zero attached hydrogens (tertiary/aromatic N) is 2. The summed E-state index contributed by atoms with van der Waals surface area (Å²) in [6.07, 6.45) is 1.53. The fourth-order valence-corrected chi connectivity index (χ4v) is 2.37. The number of nitrogens with two attached hydrogens (primary N) is 1. The summed E-state index contributed by atoms with van der Waals surface area (Å²) >= 11 is 0. The second-order valence-corrected chi connectivity index (χ2v) is 5.03. The number of carbonyl (C=O) groups is 1. The first-order valence-corrected chi connectivity index (χ1v) is 7.26. The van der Waals surface area contributed by atoms with E-state index in [0.29, 0.717) is 5.69 Å². The van der Waals surface area contributed by atoms with Crippen LogP contribution < -0.4 is 11.1 Å². The molecule has 1 heterocycles. The molecule has 3 N–H and O–H groups in total. The summed E-state index contributed by atoms with van der Waals surface area (Å²) in [7, 11) is 0. The smallest absolute Gasteiger partial charge is 0.246 e. The monoisotopic (exact) mass is 286 g/mol. The first-order chi connectivity index (χ1) is 10.1. The molecule has 0 bridgehead atoms. The summed E-state index contributed by atoms with van der Waals surface area (Å²) < 4.78 is 1.71. The van der Waals surface area contributed by atoms with Crippen LogP contribution in [-0.4, -0.2) is 15.7 Å². The number of hydrogen-bond donors (Lipinski definition) is 2. The minimum absolute atomic E-state index is 0.0934. The second-order valence-electron chi connectivity index (χ2n) is 5.03. The van der Waals surface area contributed by atoms with Crippen LogP contribution in [-0.2, 0) is 24.2 Å². The van der Waals surface area contributed by atoms with Crippen LogP contribution in [0.1, 0.15) is 30.8 Å². The molecular formula is C16H22N4O. The molecule has 0 unspecified atom stereocenters. The molecule has 112 valence electrons. The molecule has 0 radical (unpaired) electrons. The van der Waals surface area contributed by atoms with E-state index in [1.165, 1.54) is 0 Å². The summed E-state index contributed by atoms with van der Waals surface area (Å²) in [4.78, 5) is 12.2. The Morgan fingerprint density at radius 1 is 1.29 bits per heavy atom. The number of hydrogen-bond acceptors (Lipinski definition) is 3. The lowest BCUT2D eigenvalue weighted by molar-refractivity contribution is -0.116. The van der Waals surface area contributed by atoms with Gasteiger partial charge >= 0.3 is 0 Å². The highest BCUT2D eigenvalue weighted by Crippen LogP contribution is 2.19. The van der Waals surface area contributed by atoms with Gasteiger partial charge in [0, 0.05) is 5.69 Å². The van der Waals surface area contributed by atoms with E-state index in [4.69, 9.17) is 5.73 Å². The van der Waals surface area contributed by atoms with Gasteiger partial charge in [0.1, 0.15) is 6.54 Å². The van der Waals surface area contributed by atoms with Crippen molar-refractivity contribution in [3.8, 4) is 0 Å². The van der Waals surface area contributed by atoms with Crippen molar-refractivity contribution in [2.75, 3.05) is 11.1 Å². The Kier molecular flexibility index (Phi) is 4.62. The fourth-order valence-electron chi connectivity index (χ4n) is 2.37. The summed E-state index contributed by atoms with van der Waals surface area (Å²) in [5.41, 5.74) is 10.4. The molecule has 1 aromatic carbocycles. The number of aromatic nitrogens is 2. The number of para-hydroxylation sites is 1. The molecule has 0 saturated heterocycles. The van der Waals surface area contributed by atoms with Crippen molar-refractivity contribution in [1.29, 1.82) is 0 Å². The normalized spacial score (nSPS) is 10.6. The van der Waals surface area contributed by atoms with Crippen molar-refractivity contribution < 1.29 is 4.79 Å². The lowest BCUT2D eigenvalue weighted by Crippen LogP contribution is -2.21. The van der Waals surface area contributed by atoms with E-state index in [9.17, 15) is 4.79 Å². The summed E-state index contributed by atoms with van der Waals surface area (Å²) in [5, 5.41) is 7.35. The molecule has 1 aromatic heterocycles. The number of amides is 1. The first-order valence-electron chi connectivity index (χ1n) is 7.26. The van der Waals surface area contributed by atoms with Gasteiger partial charge in [0.05, 0.1) is 17.1 Å². The predicted molar refractivity (Wildman–Crippen MR) is 85.2 cm³/mol. The molecular weight excluding hydrogens is 264 g/mol. The van der Waals surface area contributed by atoms with Crippen LogP contribution in [0.15, 0.2) is 24.3 Å². The molecule has 2 aromatic rings. The van der Waals surface area contributed by atoms with E-state index in [0.717, 1.165) is 35.5 Å². The van der Waals surface area contributed by atoms with Crippen molar-refractivity contribution >= 4 is 17.3 Å². The Morgan fingerprint density at radius 3 is 2.62 bits per heavy atom. The highest BCUT2D eigenvalue weighted by molar-refractivity contribution is 5.91. The molecule has 5 nitrogen and oxygen atoms in total. The quantitative estimate of drug-likeness (QED) is 0.887. The largest absolute Gasteiger partial charge is 0.396 e. The molecule has 0 spiro atoms. The summed E-state index contributed by atoms with van der Waals surface area (Å²) in [6.45, 7) is 6.17. The van der Waals surface area contributed by atoms with E-state index in [1.807, 2.05) is 45.0 Å². The van der Waals surface area contributed by atoms with Crippen molar-refractivity contribution in [3.05, 3.63) is 41.2 Å². The van der Waals surface area contributed by atoms with E-state index in [2.05, 4.69) is 10.4 Å². The van der Waals surface area contributed by atoms with Gasteiger partial charge < -0.3 is 11.1 Å². The number of aryl methyl sites for hydroxylation is 2. The third kappa shape index (κ3) is 3.24. The highest BCUT2D eigenvalue weighted by Gasteiger charge is 2.15. The zero-order valence-corrected chi connectivity index (χ0v) is 12.8. The molecule has 0 fully saturated rings. The van der Waals surface area contributed by atoms with Crippen LogP contribution in [0.5, 0.6) is 0 Å². The van der Waals surface area contributed by atoms with Crippen LogP contribution in [0, 0.1) is 6.92 Å². The van der Waals surface area contributed by atoms with Gasteiger partial charge in [-0.05, 0) is 31.4 Å². The van der Waals surface area contributed by atoms with Gasteiger partial charge in [-0.1, -0.05) is 32.0 Å². The third-order valence-electron chi connectivity index (χ3n) is 3.56. The number of anilines is 2. The molecule has 0 aliphatic heterocycles. The maximum atomic E-state index is 12.2. The third-order valence-corrected chi connectivity index (χ3v) is 3.56. The zero-order chi connectivity index (χ0) is 15.4. The lowest BCUT2D eigenvalue weighted by atomic mass is 10.2. The zero-order valence-electron chi connectivity index (χ0n) is 12.8. The summed E-state index contributed by atoms with van der Waals surface area (Å²) in [6, 6.07) is 7.71. The van der Waals surface area contributed by atoms with Crippen molar-refractivity contribution in [3.63, 3.8) is 0 Å². The highest BCUT2D eigenvalue weighted by atomic mass is 16.2. The molecule has 21 heavy (non-hydrogen) atoms. The number of nitrogen functional groups attached to an aromatic ring is 1. The Morgan fingerprint density at radius 2 is 2.00 bits per heavy atom. The standard InChI is InChI=1S/C16H22N4O/c1-4-12-16(17)14(5-2)20(19-12)10-15(21)18-13-9-7-6-8-11(13)3/h6-9H,4-5,10,17H2,1-3H3,(H,18,21). The van der Waals surface area contributed by atoms with Crippen molar-refractivity contribution in [2.24, 2.45) is 0 Å². The molecule has 1 amide bonds. The van der Waals surface area contributed by atoms with Gasteiger partial charge in [-0.3, -0.25) is 9.48 Å². The number of rotatable bonds is 5. The second kappa shape index (κ2) is 6.43. The number of nitrogens with one attached hydrogen (secondary N) is 1. The molecule has 0 aliphatic rings. The van der Waals surface area contributed by atoms with Crippen molar-refractivity contribution in [2.45, 2.75) is 40.2 Å². The van der Waals surface area contributed by atoms with Gasteiger partial charge in [0.15, 0.2) is 0 Å². The van der Waals surface area contributed by atoms with Crippen molar-refractivity contribution in [1.82, 2.24) is 9.78 Å². The van der Waals surface area contributed by atoms with Gasteiger partial charge in [-0.25, -0.2) is 0 Å². The molecule has 0 saturated carbocycles. The Labute approximate surface area is 125 Å². The Balaban J connectivity index is 2.15. The minimum Gasteiger partial charge on any atom is -0.396 e. The maximum absolute atomic E-state index is 12.2. The Bertz CT molecular complexity index is 646. The fraction of sp³-hybridized carbons (Fsp3) is 0.375. The van der Waals surface area contributed by atoms with E-state index in [1.54, 1.807) is 4.68 Å². The van der Waals surface area contributed by atoms with Crippen LogP contribution in [0.3, 0.4) is 0 Å². The van der Waals surface area contributed by atoms with E-state index < -0.39 is 0 Å². The average Bonchev–Trinajstić information content (AvgIpc) is 2.76. The van der Waals surface area contributed by atoms with Gasteiger partial charge in [0.25, 0.3) is 0 Å². The van der Waals surface area contributed by atoms with E-state index >= 15 is 0 Å². The van der Waals surface area contributed by atoms with Crippen LogP contribution in [0.4, 0.5) is 11.4 Å². The maximum Gasteiger partial charge on any atom is 0.246 e. The minimum atomic E-state index is -0.0934. The van der Waals surface area contributed by atoms with Crippen LogP contribution in [0.2, 0.25) is 0 Å². The summed E-state index contributed by atoms with van der Waals surface area (Å²) in [5.74, 6) is -0.0934.